The Kier molecular flexibility index (Phi) is 4.02. The normalized spacial score (nSPS) is 10.2. The fourth-order valence-electron chi connectivity index (χ4n) is 1.55. The van der Waals surface area contributed by atoms with Crippen LogP contribution in [-0.4, -0.2) is 16.6 Å². The van der Waals surface area contributed by atoms with E-state index >= 15 is 0 Å². The van der Waals surface area contributed by atoms with Gasteiger partial charge in [0.15, 0.2) is 0 Å². The molecule has 0 aliphatic heterocycles. The molecule has 0 aliphatic rings. The Morgan fingerprint density at radius 3 is 2.53 bits per heavy atom. The lowest BCUT2D eigenvalue weighted by Crippen LogP contribution is -2.03. The van der Waals surface area contributed by atoms with Gasteiger partial charge in [-0.1, -0.05) is 6.92 Å². The van der Waals surface area contributed by atoms with Gasteiger partial charge in [-0.15, -0.1) is 0 Å². The van der Waals surface area contributed by atoms with E-state index in [0.29, 0.717) is 18.2 Å². The van der Waals surface area contributed by atoms with Crippen molar-refractivity contribution in [2.24, 2.45) is 0 Å². The van der Waals surface area contributed by atoms with E-state index in [4.69, 9.17) is 16.2 Å². The SMILES string of the molecule is CCCOc1ccc(Nc2cc(N)nc(N)n2)cc1. The number of aromatic nitrogens is 2. The first-order valence-electron chi connectivity index (χ1n) is 6.07. The van der Waals surface area contributed by atoms with Gasteiger partial charge >= 0.3 is 0 Å². The Hall–Kier alpha value is -2.50. The minimum atomic E-state index is 0.144. The van der Waals surface area contributed by atoms with Gasteiger partial charge in [-0.3, -0.25) is 0 Å². The first-order valence-corrected chi connectivity index (χ1v) is 6.07. The van der Waals surface area contributed by atoms with E-state index in [1.54, 1.807) is 6.07 Å². The Bertz CT molecular complexity index is 521. The van der Waals surface area contributed by atoms with Crippen LogP contribution >= 0.6 is 0 Å². The van der Waals surface area contributed by atoms with Crippen molar-refractivity contribution in [3.63, 3.8) is 0 Å². The van der Waals surface area contributed by atoms with Crippen molar-refractivity contribution in [2.45, 2.75) is 13.3 Å². The molecule has 1 heterocycles. The topological polar surface area (TPSA) is 99.1 Å². The highest BCUT2D eigenvalue weighted by molar-refractivity contribution is 5.60. The zero-order chi connectivity index (χ0) is 13.7. The molecular weight excluding hydrogens is 242 g/mol. The molecule has 0 amide bonds. The van der Waals surface area contributed by atoms with Crippen molar-refractivity contribution < 1.29 is 4.74 Å². The van der Waals surface area contributed by atoms with Gasteiger partial charge in [-0.25, -0.2) is 0 Å². The van der Waals surface area contributed by atoms with E-state index in [0.717, 1.165) is 17.9 Å². The standard InChI is InChI=1S/C13H17N5O/c1-2-7-19-10-5-3-9(4-6-10)16-12-8-11(14)17-13(15)18-12/h3-6,8H,2,7H2,1H3,(H5,14,15,16,17,18). The number of nitrogens with two attached hydrogens (primary N) is 2. The molecule has 0 saturated carbocycles. The maximum atomic E-state index is 5.60. The second-order valence-corrected chi connectivity index (χ2v) is 4.03. The average molecular weight is 259 g/mol. The van der Waals surface area contributed by atoms with Gasteiger partial charge in [-0.05, 0) is 30.7 Å². The lowest BCUT2D eigenvalue weighted by molar-refractivity contribution is 0.317. The highest BCUT2D eigenvalue weighted by Gasteiger charge is 2.01. The van der Waals surface area contributed by atoms with E-state index in [9.17, 15) is 0 Å². The van der Waals surface area contributed by atoms with Crippen LogP contribution in [0.25, 0.3) is 0 Å². The van der Waals surface area contributed by atoms with E-state index < -0.39 is 0 Å². The summed E-state index contributed by atoms with van der Waals surface area (Å²) in [6.45, 7) is 2.78. The molecule has 0 bridgehead atoms. The summed E-state index contributed by atoms with van der Waals surface area (Å²) in [4.78, 5) is 7.85. The van der Waals surface area contributed by atoms with Crippen molar-refractivity contribution >= 4 is 23.3 Å². The maximum absolute atomic E-state index is 5.60. The summed E-state index contributed by atoms with van der Waals surface area (Å²) in [5.41, 5.74) is 12.0. The third-order valence-electron chi connectivity index (χ3n) is 2.36. The molecule has 6 nitrogen and oxygen atoms in total. The molecule has 5 N–H and O–H groups in total. The van der Waals surface area contributed by atoms with Crippen molar-refractivity contribution in [1.82, 2.24) is 9.97 Å². The summed E-state index contributed by atoms with van der Waals surface area (Å²) in [5, 5.41) is 3.10. The number of hydrogen-bond donors (Lipinski definition) is 3. The smallest absolute Gasteiger partial charge is 0.223 e. The molecule has 1 aromatic carbocycles. The van der Waals surface area contributed by atoms with Gasteiger partial charge in [0.05, 0.1) is 6.61 Å². The van der Waals surface area contributed by atoms with Crippen LogP contribution in [0.3, 0.4) is 0 Å². The first kappa shape index (κ1) is 12.9. The Morgan fingerprint density at radius 2 is 1.89 bits per heavy atom. The second kappa shape index (κ2) is 5.90. The number of benzene rings is 1. The maximum Gasteiger partial charge on any atom is 0.223 e. The second-order valence-electron chi connectivity index (χ2n) is 4.03. The molecule has 1 aromatic heterocycles. The summed E-state index contributed by atoms with van der Waals surface area (Å²) in [5.74, 6) is 1.88. The molecule has 0 fully saturated rings. The predicted octanol–water partition coefficient (Wildman–Crippen LogP) is 2.17. The molecule has 19 heavy (non-hydrogen) atoms. The molecule has 0 radical (unpaired) electrons. The van der Waals surface area contributed by atoms with Crippen LogP contribution in [0.5, 0.6) is 5.75 Å². The monoisotopic (exact) mass is 259 g/mol. The molecule has 100 valence electrons. The zero-order valence-electron chi connectivity index (χ0n) is 10.8. The molecule has 6 heteroatoms. The quantitative estimate of drug-likeness (QED) is 0.761. The van der Waals surface area contributed by atoms with Crippen molar-refractivity contribution in [2.75, 3.05) is 23.4 Å². The van der Waals surface area contributed by atoms with Crippen LogP contribution in [0.4, 0.5) is 23.3 Å². The van der Waals surface area contributed by atoms with Crippen LogP contribution in [0.15, 0.2) is 30.3 Å². The number of nitrogens with one attached hydrogen (secondary N) is 1. The number of nitrogen functional groups attached to an aromatic ring is 2. The fourth-order valence-corrected chi connectivity index (χ4v) is 1.55. The molecule has 0 aliphatic carbocycles. The highest BCUT2D eigenvalue weighted by atomic mass is 16.5. The largest absolute Gasteiger partial charge is 0.494 e. The minimum absolute atomic E-state index is 0.144. The van der Waals surface area contributed by atoms with Gasteiger partial charge in [0, 0.05) is 11.8 Å². The van der Waals surface area contributed by atoms with Crippen LogP contribution < -0.4 is 21.5 Å². The van der Waals surface area contributed by atoms with Crippen LogP contribution in [-0.2, 0) is 0 Å². The Morgan fingerprint density at radius 1 is 1.16 bits per heavy atom. The van der Waals surface area contributed by atoms with Gasteiger partial charge in [0.1, 0.15) is 17.4 Å². The summed E-state index contributed by atoms with van der Waals surface area (Å²) in [6.07, 6.45) is 0.986. The van der Waals surface area contributed by atoms with Crippen LogP contribution in [0, 0.1) is 0 Å². The zero-order valence-corrected chi connectivity index (χ0v) is 10.8. The van der Waals surface area contributed by atoms with Crippen LogP contribution in [0.1, 0.15) is 13.3 Å². The summed E-state index contributed by atoms with van der Waals surface area (Å²) < 4.78 is 5.51. The van der Waals surface area contributed by atoms with E-state index in [1.807, 2.05) is 24.3 Å². The molecule has 0 unspecified atom stereocenters. The van der Waals surface area contributed by atoms with E-state index in [2.05, 4.69) is 22.2 Å². The fraction of sp³-hybridized carbons (Fsp3) is 0.231. The van der Waals surface area contributed by atoms with Gasteiger partial charge < -0.3 is 21.5 Å². The number of nitrogens with zero attached hydrogens (tertiary/aromatic N) is 2. The molecule has 0 saturated heterocycles. The van der Waals surface area contributed by atoms with Crippen molar-refractivity contribution in [1.29, 1.82) is 0 Å². The van der Waals surface area contributed by atoms with E-state index in [-0.39, 0.29) is 5.95 Å². The summed E-state index contributed by atoms with van der Waals surface area (Å²) >= 11 is 0. The first-order chi connectivity index (χ1) is 9.17. The van der Waals surface area contributed by atoms with Crippen molar-refractivity contribution in [3.05, 3.63) is 30.3 Å². The van der Waals surface area contributed by atoms with Crippen LogP contribution in [0.2, 0.25) is 0 Å². The van der Waals surface area contributed by atoms with Gasteiger partial charge in [0.25, 0.3) is 0 Å². The number of hydrogen-bond acceptors (Lipinski definition) is 6. The van der Waals surface area contributed by atoms with Crippen molar-refractivity contribution in [3.8, 4) is 5.75 Å². The molecular formula is C13H17N5O. The molecule has 0 spiro atoms. The number of ether oxygens (including phenoxy) is 1. The minimum Gasteiger partial charge on any atom is -0.494 e. The number of rotatable bonds is 5. The lowest BCUT2D eigenvalue weighted by Gasteiger charge is -2.08. The van der Waals surface area contributed by atoms with E-state index in [1.165, 1.54) is 0 Å². The summed E-state index contributed by atoms with van der Waals surface area (Å²) in [7, 11) is 0. The Labute approximate surface area is 111 Å². The number of anilines is 4. The molecule has 2 aromatic rings. The predicted molar refractivity (Wildman–Crippen MR) is 76.4 cm³/mol. The van der Waals surface area contributed by atoms with Gasteiger partial charge in [0.2, 0.25) is 5.95 Å². The molecule has 0 atom stereocenters. The third kappa shape index (κ3) is 3.74. The third-order valence-corrected chi connectivity index (χ3v) is 2.36. The molecule has 2 rings (SSSR count). The highest BCUT2D eigenvalue weighted by Crippen LogP contribution is 2.20. The van der Waals surface area contributed by atoms with Gasteiger partial charge in [-0.2, -0.15) is 9.97 Å². The lowest BCUT2D eigenvalue weighted by atomic mass is 10.3. The average Bonchev–Trinajstić information content (AvgIpc) is 2.37. The summed E-state index contributed by atoms with van der Waals surface area (Å²) in [6, 6.07) is 9.22. The Balaban J connectivity index is 2.06.